The third-order valence-electron chi connectivity index (χ3n) is 0.243. The average molecular weight is 159 g/mol. The van der Waals surface area contributed by atoms with E-state index in [2.05, 4.69) is 11.8 Å². The van der Waals surface area contributed by atoms with Gasteiger partial charge in [0.05, 0.1) is 0 Å². The van der Waals surface area contributed by atoms with Gasteiger partial charge in [0.25, 0.3) is 0 Å². The zero-order valence-electron chi connectivity index (χ0n) is 3.44. The van der Waals surface area contributed by atoms with Gasteiger partial charge in [-0.25, -0.2) is 0 Å². The highest BCUT2D eigenvalue weighted by Gasteiger charge is 2.03. The van der Waals surface area contributed by atoms with Crippen molar-refractivity contribution >= 4 is 28.9 Å². The van der Waals surface area contributed by atoms with Crippen LogP contribution < -0.4 is 5.73 Å². The van der Waals surface area contributed by atoms with Crippen LogP contribution in [0.4, 0.5) is 0 Å². The third kappa shape index (κ3) is 6.88. The van der Waals surface area contributed by atoms with Crippen LogP contribution in [0.15, 0.2) is 0 Å². The van der Waals surface area contributed by atoms with Gasteiger partial charge >= 0.3 is 0 Å². The molecule has 6 heteroatoms. The Morgan fingerprint density at radius 3 is 2.14 bits per heavy atom. The molecule has 0 saturated heterocycles. The van der Waals surface area contributed by atoms with Gasteiger partial charge in [-0.1, -0.05) is 11.4 Å². The molecule has 0 heterocycles. The Balaban J connectivity index is 3.36. The number of nitrogens with two attached hydrogens (primary N) is 1. The van der Waals surface area contributed by atoms with Crippen LogP contribution in [-0.2, 0) is 11.8 Å². The first-order valence-electron chi connectivity index (χ1n) is 1.46. The van der Waals surface area contributed by atoms with Gasteiger partial charge in [-0.15, -0.1) is 0 Å². The lowest BCUT2D eigenvalue weighted by Gasteiger charge is -2.00. The van der Waals surface area contributed by atoms with Gasteiger partial charge in [0.15, 0.2) is 0 Å². The van der Waals surface area contributed by atoms with Gasteiger partial charge in [-0.2, -0.15) is 0 Å². The molecule has 7 heavy (non-hydrogen) atoms. The van der Waals surface area contributed by atoms with E-state index in [0.717, 1.165) is 11.4 Å². The average Bonchev–Trinajstić information content (AvgIpc) is 1.30. The molecule has 0 aliphatic carbocycles. The van der Waals surface area contributed by atoms with Crippen molar-refractivity contribution in [1.29, 1.82) is 0 Å². The van der Waals surface area contributed by atoms with E-state index in [0.29, 0.717) is 0 Å². The van der Waals surface area contributed by atoms with Crippen molar-refractivity contribution < 1.29 is 9.79 Å². The molecule has 0 saturated carbocycles. The van der Waals surface area contributed by atoms with Crippen molar-refractivity contribution in [1.82, 2.24) is 0 Å². The highest BCUT2D eigenvalue weighted by atomic mass is 32.9. The molecule has 0 atom stereocenters. The molecule has 0 fully saturated rings. The normalized spacial score (nSPS) is 11.9. The molecule has 44 valence electrons. The van der Waals surface area contributed by atoms with Crippen molar-refractivity contribution in [2.75, 3.05) is 5.88 Å². The zero-order chi connectivity index (χ0) is 5.91. The standard InChI is InChI=1S/CH6NO2PS2/c2-1-7-5(3,4)6/h1-2H2,(H2,3,4,6). The molecule has 0 unspecified atom stereocenters. The highest BCUT2D eigenvalue weighted by molar-refractivity contribution is 8.67. The molecule has 3 nitrogen and oxygen atoms in total. The summed E-state index contributed by atoms with van der Waals surface area (Å²) in [6, 6.07) is 0. The zero-order valence-corrected chi connectivity index (χ0v) is 5.97. The van der Waals surface area contributed by atoms with Crippen LogP contribution in [-0.4, -0.2) is 15.7 Å². The van der Waals surface area contributed by atoms with Crippen LogP contribution in [0.1, 0.15) is 0 Å². The summed E-state index contributed by atoms with van der Waals surface area (Å²) in [5.74, 6) is 0.171. The van der Waals surface area contributed by atoms with E-state index in [1.165, 1.54) is 0 Å². The fourth-order valence-electron chi connectivity index (χ4n) is 0.0971. The Hall–Kier alpha value is 0.880. The summed E-state index contributed by atoms with van der Waals surface area (Å²) < 4.78 is 0. The minimum atomic E-state index is -3.04. The minimum absolute atomic E-state index is 0.171. The summed E-state index contributed by atoms with van der Waals surface area (Å²) in [5, 5.41) is 0. The van der Waals surface area contributed by atoms with E-state index >= 15 is 0 Å². The largest absolute Gasteiger partial charge is 0.338 e. The molecule has 0 amide bonds. The lowest BCUT2D eigenvalue weighted by molar-refractivity contribution is 0.502. The van der Waals surface area contributed by atoms with Crippen molar-refractivity contribution in [3.8, 4) is 0 Å². The van der Waals surface area contributed by atoms with Crippen LogP contribution in [0.25, 0.3) is 0 Å². The summed E-state index contributed by atoms with van der Waals surface area (Å²) in [6.07, 6.45) is 0. The van der Waals surface area contributed by atoms with E-state index in [4.69, 9.17) is 15.5 Å². The summed E-state index contributed by atoms with van der Waals surface area (Å²) in [6.45, 7) is 0. The maximum absolute atomic E-state index is 8.38. The van der Waals surface area contributed by atoms with E-state index in [9.17, 15) is 0 Å². The first-order chi connectivity index (χ1) is 3.06. The predicted molar refractivity (Wildman–Crippen MR) is 35.4 cm³/mol. The smallest absolute Gasteiger partial charge is 0.243 e. The van der Waals surface area contributed by atoms with Crippen molar-refractivity contribution in [2.24, 2.45) is 5.73 Å². The number of hydrogen-bond donors (Lipinski definition) is 3. The van der Waals surface area contributed by atoms with E-state index in [1.807, 2.05) is 0 Å². The van der Waals surface area contributed by atoms with Gasteiger partial charge < -0.3 is 15.5 Å². The Kier molecular flexibility index (Phi) is 3.40. The molecule has 0 bridgehead atoms. The Morgan fingerprint density at radius 1 is 1.71 bits per heavy atom. The monoisotopic (exact) mass is 159 g/mol. The van der Waals surface area contributed by atoms with Crippen molar-refractivity contribution in [3.63, 3.8) is 0 Å². The highest BCUT2D eigenvalue weighted by Crippen LogP contribution is 2.49. The SMILES string of the molecule is NCSP(O)(O)=S. The lowest BCUT2D eigenvalue weighted by Crippen LogP contribution is -1.90. The Morgan fingerprint density at radius 2 is 2.14 bits per heavy atom. The van der Waals surface area contributed by atoms with Crippen LogP contribution in [0.3, 0.4) is 0 Å². The Labute approximate surface area is 50.8 Å². The molecule has 0 aromatic rings. The molecule has 0 aliphatic heterocycles. The summed E-state index contributed by atoms with van der Waals surface area (Å²) in [5.41, 5.74) is 1.88. The predicted octanol–water partition coefficient (Wildman–Crippen LogP) is -0.155. The van der Waals surface area contributed by atoms with Crippen molar-refractivity contribution in [3.05, 3.63) is 0 Å². The van der Waals surface area contributed by atoms with Gasteiger partial charge in [0.1, 0.15) is 0 Å². The maximum atomic E-state index is 8.38. The summed E-state index contributed by atoms with van der Waals surface area (Å²) >= 11 is 4.99. The molecule has 0 rings (SSSR count). The van der Waals surface area contributed by atoms with Gasteiger partial charge in [-0.05, 0) is 11.8 Å². The quantitative estimate of drug-likeness (QED) is 0.386. The van der Waals surface area contributed by atoms with Crippen LogP contribution >= 0.6 is 17.1 Å². The molecule has 0 aromatic heterocycles. The molecular formula is CH6NO2PS2. The fourth-order valence-corrected chi connectivity index (χ4v) is 1.42. The molecule has 0 spiro atoms. The van der Waals surface area contributed by atoms with Crippen LogP contribution in [0, 0.1) is 0 Å². The number of hydrogen-bond acceptors (Lipinski definition) is 3. The summed E-state index contributed by atoms with van der Waals surface area (Å²) in [4.78, 5) is 16.8. The molecular weight excluding hydrogens is 153 g/mol. The van der Waals surface area contributed by atoms with Crippen molar-refractivity contribution in [2.45, 2.75) is 0 Å². The first-order valence-corrected chi connectivity index (χ1v) is 5.76. The van der Waals surface area contributed by atoms with Crippen LogP contribution in [0.2, 0.25) is 0 Å². The van der Waals surface area contributed by atoms with Gasteiger partial charge in [-0.3, -0.25) is 0 Å². The first kappa shape index (κ1) is 7.88. The second-order valence-electron chi connectivity index (χ2n) is 0.786. The molecule has 4 N–H and O–H groups in total. The van der Waals surface area contributed by atoms with Gasteiger partial charge in [0, 0.05) is 5.88 Å². The molecule has 0 aliphatic rings. The van der Waals surface area contributed by atoms with E-state index in [-0.39, 0.29) is 5.88 Å². The fraction of sp³-hybridized carbons (Fsp3) is 1.00. The minimum Gasteiger partial charge on any atom is -0.338 e. The van der Waals surface area contributed by atoms with Crippen LogP contribution in [0.5, 0.6) is 0 Å². The third-order valence-corrected chi connectivity index (χ3v) is 3.13. The topological polar surface area (TPSA) is 66.5 Å². The molecule has 0 radical (unpaired) electrons. The Bertz CT molecular complexity index is 89.7. The second-order valence-corrected chi connectivity index (χ2v) is 6.88. The molecule has 0 aromatic carbocycles. The number of rotatable bonds is 2. The van der Waals surface area contributed by atoms with E-state index in [1.54, 1.807) is 0 Å². The lowest BCUT2D eigenvalue weighted by atomic mass is 11.6. The van der Waals surface area contributed by atoms with E-state index < -0.39 is 5.69 Å². The van der Waals surface area contributed by atoms with Gasteiger partial charge in [0.2, 0.25) is 5.69 Å². The summed E-state index contributed by atoms with van der Waals surface area (Å²) in [7, 11) is 0. The maximum Gasteiger partial charge on any atom is 0.243 e. The second kappa shape index (κ2) is 3.02.